The van der Waals surface area contributed by atoms with E-state index in [1.165, 1.54) is 29.3 Å². The zero-order valence-electron chi connectivity index (χ0n) is 18.4. The Bertz CT molecular complexity index is 1000. The second-order valence-corrected chi connectivity index (χ2v) is 11.3. The van der Waals surface area contributed by atoms with E-state index in [4.69, 9.17) is 5.10 Å². The van der Waals surface area contributed by atoms with Gasteiger partial charge in [-0.25, -0.2) is 0 Å². The average Bonchev–Trinajstić information content (AvgIpc) is 3.42. The van der Waals surface area contributed by atoms with Gasteiger partial charge in [-0.05, 0) is 67.9 Å². The third-order valence-corrected chi connectivity index (χ3v) is 8.42. The fraction of sp³-hybridized carbons (Fsp3) is 0.680. The predicted octanol–water partition coefficient (Wildman–Crippen LogP) is 4.24. The highest BCUT2D eigenvalue weighted by Crippen LogP contribution is 2.57. The molecule has 3 unspecified atom stereocenters. The summed E-state index contributed by atoms with van der Waals surface area (Å²) in [7, 11) is 2.01. The van der Waals surface area contributed by atoms with Gasteiger partial charge in [0.2, 0.25) is 5.91 Å². The summed E-state index contributed by atoms with van der Waals surface area (Å²) in [5.41, 5.74) is 3.34. The maximum Gasteiger partial charge on any atom is 0.223 e. The van der Waals surface area contributed by atoms with Gasteiger partial charge in [-0.15, -0.1) is 0 Å². The first kappa shape index (κ1) is 18.9. The van der Waals surface area contributed by atoms with Gasteiger partial charge < -0.3 is 10.0 Å². The topological polar surface area (TPSA) is 58.4 Å². The van der Waals surface area contributed by atoms with Crippen LogP contribution < -0.4 is 0 Å². The lowest BCUT2D eigenvalue weighted by molar-refractivity contribution is -0.193. The number of carbonyl (C=O) groups is 1. The normalized spacial score (nSPS) is 35.9. The summed E-state index contributed by atoms with van der Waals surface area (Å²) in [5, 5.41) is 17.1. The van der Waals surface area contributed by atoms with Crippen molar-refractivity contribution in [2.24, 2.45) is 12.5 Å². The van der Waals surface area contributed by atoms with Crippen molar-refractivity contribution in [3.63, 3.8) is 0 Å². The standard InChI is InChI=1S/C25H33N3O2/c1-15(23-22-19(16-7-8-16)5-4-6-20(22)27(3)26-23)9-21(29)28-17-10-24(2)11-18(28)13-25(30,12-17)14-24/h4-6,15-18,30H,7-14H2,1-3H3. The summed E-state index contributed by atoms with van der Waals surface area (Å²) < 4.78 is 1.98. The number of piperidine rings is 2. The van der Waals surface area contributed by atoms with Gasteiger partial charge >= 0.3 is 0 Å². The molecule has 5 aliphatic rings. The molecule has 1 aromatic heterocycles. The van der Waals surface area contributed by atoms with Gasteiger partial charge in [0.15, 0.2) is 0 Å². The number of aryl methyl sites for hydroxylation is 1. The Morgan fingerprint density at radius 3 is 2.57 bits per heavy atom. The maximum absolute atomic E-state index is 13.5. The highest BCUT2D eigenvalue weighted by atomic mass is 16.3. The molecule has 2 aromatic rings. The number of aromatic nitrogens is 2. The van der Waals surface area contributed by atoms with E-state index >= 15 is 0 Å². The molecule has 3 saturated carbocycles. The minimum Gasteiger partial charge on any atom is -0.390 e. The van der Waals surface area contributed by atoms with Crippen LogP contribution in [0.3, 0.4) is 0 Å². The quantitative estimate of drug-likeness (QED) is 0.825. The Morgan fingerprint density at radius 2 is 1.93 bits per heavy atom. The number of carbonyl (C=O) groups excluding carboxylic acids is 1. The van der Waals surface area contributed by atoms with Gasteiger partial charge in [-0.1, -0.05) is 26.0 Å². The van der Waals surface area contributed by atoms with Crippen molar-refractivity contribution in [1.82, 2.24) is 14.7 Å². The first-order chi connectivity index (χ1) is 14.3. The fourth-order valence-corrected chi connectivity index (χ4v) is 7.42. The lowest BCUT2D eigenvalue weighted by Crippen LogP contribution is -2.68. The molecule has 3 atom stereocenters. The number of aliphatic hydroxyl groups is 1. The van der Waals surface area contributed by atoms with Crippen molar-refractivity contribution in [1.29, 1.82) is 0 Å². The molecule has 0 radical (unpaired) electrons. The number of hydrogen-bond donors (Lipinski definition) is 1. The van der Waals surface area contributed by atoms with E-state index in [1.807, 2.05) is 11.7 Å². The molecule has 1 amide bonds. The molecule has 0 spiro atoms. The highest BCUT2D eigenvalue weighted by molar-refractivity contribution is 5.88. The third kappa shape index (κ3) is 2.77. The van der Waals surface area contributed by atoms with Crippen molar-refractivity contribution >= 4 is 16.8 Å². The van der Waals surface area contributed by atoms with Gasteiger partial charge in [0.05, 0.1) is 16.8 Å². The molecule has 5 heteroatoms. The molecule has 7 rings (SSSR count). The summed E-state index contributed by atoms with van der Waals surface area (Å²) in [6, 6.07) is 6.96. The van der Waals surface area contributed by atoms with E-state index in [-0.39, 0.29) is 29.3 Å². The van der Waals surface area contributed by atoms with Crippen molar-refractivity contribution in [3.05, 3.63) is 29.5 Å². The number of hydrogen-bond acceptors (Lipinski definition) is 3. The highest BCUT2D eigenvalue weighted by Gasteiger charge is 2.59. The first-order valence-corrected chi connectivity index (χ1v) is 11.7. The summed E-state index contributed by atoms with van der Waals surface area (Å²) >= 11 is 0. The maximum atomic E-state index is 13.5. The summed E-state index contributed by atoms with van der Waals surface area (Å²) in [6.07, 6.45) is 7.56. The van der Waals surface area contributed by atoms with Crippen LogP contribution in [0.1, 0.15) is 88.3 Å². The number of rotatable bonds is 4. The van der Waals surface area contributed by atoms with Crippen molar-refractivity contribution in [3.8, 4) is 0 Å². The van der Waals surface area contributed by atoms with Crippen LogP contribution in [0.25, 0.3) is 10.9 Å². The zero-order chi connectivity index (χ0) is 20.8. The Hall–Kier alpha value is -1.88. The first-order valence-electron chi connectivity index (χ1n) is 11.7. The molecule has 1 N–H and O–H groups in total. The number of fused-ring (bicyclic) bond motifs is 1. The Morgan fingerprint density at radius 1 is 1.23 bits per heavy atom. The van der Waals surface area contributed by atoms with E-state index in [0.717, 1.165) is 37.8 Å². The minimum absolute atomic E-state index is 0.0944. The molecular formula is C25H33N3O2. The SMILES string of the molecule is CC(CC(=O)N1C2CC3(C)CC1CC(O)(C2)C3)c1nn(C)c2cccc(C3CC3)c12. The summed E-state index contributed by atoms with van der Waals surface area (Å²) in [4.78, 5) is 15.7. The molecule has 1 aromatic carbocycles. The van der Waals surface area contributed by atoms with Gasteiger partial charge in [-0.3, -0.25) is 9.48 Å². The van der Waals surface area contributed by atoms with Crippen LogP contribution in [-0.2, 0) is 11.8 Å². The third-order valence-electron chi connectivity index (χ3n) is 8.42. The molecule has 30 heavy (non-hydrogen) atoms. The second kappa shape index (κ2) is 6.09. The molecule has 3 aliphatic carbocycles. The molecule has 160 valence electrons. The number of benzene rings is 1. The lowest BCUT2D eigenvalue weighted by atomic mass is 9.54. The van der Waals surface area contributed by atoms with Crippen LogP contribution >= 0.6 is 0 Å². The van der Waals surface area contributed by atoms with Crippen molar-refractivity contribution in [2.45, 2.75) is 94.7 Å². The molecule has 2 saturated heterocycles. The number of nitrogens with zero attached hydrogens (tertiary/aromatic N) is 3. The fourth-order valence-electron chi connectivity index (χ4n) is 7.42. The lowest BCUT2D eigenvalue weighted by Gasteiger charge is -2.63. The summed E-state index contributed by atoms with van der Waals surface area (Å²) in [6.45, 7) is 4.47. The Kier molecular flexibility index (Phi) is 3.83. The molecule has 2 aliphatic heterocycles. The summed E-state index contributed by atoms with van der Waals surface area (Å²) in [5.74, 6) is 1.01. The van der Waals surface area contributed by atoms with Crippen LogP contribution in [0.2, 0.25) is 0 Å². The molecule has 3 heterocycles. The second-order valence-electron chi connectivity index (χ2n) is 11.3. The van der Waals surface area contributed by atoms with E-state index in [1.54, 1.807) is 0 Å². The van der Waals surface area contributed by atoms with Crippen LogP contribution in [-0.4, -0.2) is 43.4 Å². The van der Waals surface area contributed by atoms with Crippen molar-refractivity contribution in [2.75, 3.05) is 0 Å². The monoisotopic (exact) mass is 407 g/mol. The van der Waals surface area contributed by atoms with E-state index in [2.05, 4.69) is 36.9 Å². The van der Waals surface area contributed by atoms with Crippen molar-refractivity contribution < 1.29 is 9.90 Å². The van der Waals surface area contributed by atoms with Crippen LogP contribution in [0.15, 0.2) is 18.2 Å². The molecular weight excluding hydrogens is 374 g/mol. The van der Waals surface area contributed by atoms with E-state index in [0.29, 0.717) is 12.3 Å². The number of amides is 1. The van der Waals surface area contributed by atoms with E-state index in [9.17, 15) is 9.90 Å². The smallest absolute Gasteiger partial charge is 0.223 e. The largest absolute Gasteiger partial charge is 0.390 e. The van der Waals surface area contributed by atoms with Gasteiger partial charge in [-0.2, -0.15) is 5.10 Å². The minimum atomic E-state index is -0.542. The van der Waals surface area contributed by atoms with Crippen LogP contribution in [0, 0.1) is 5.41 Å². The average molecular weight is 408 g/mol. The van der Waals surface area contributed by atoms with Crippen LogP contribution in [0.4, 0.5) is 0 Å². The molecule has 4 bridgehead atoms. The Labute approximate surface area is 178 Å². The predicted molar refractivity (Wildman–Crippen MR) is 116 cm³/mol. The van der Waals surface area contributed by atoms with Gasteiger partial charge in [0.1, 0.15) is 0 Å². The Balaban J connectivity index is 1.28. The molecule has 5 nitrogen and oxygen atoms in total. The van der Waals surface area contributed by atoms with Crippen LogP contribution in [0.5, 0.6) is 0 Å². The zero-order valence-corrected chi connectivity index (χ0v) is 18.4. The van der Waals surface area contributed by atoms with Gasteiger partial charge in [0.25, 0.3) is 0 Å². The van der Waals surface area contributed by atoms with E-state index < -0.39 is 5.60 Å². The van der Waals surface area contributed by atoms with Gasteiger partial charge in [0, 0.05) is 36.9 Å². The molecule has 5 fully saturated rings.